The van der Waals surface area contributed by atoms with Crippen LogP contribution in [0.15, 0.2) is 54.6 Å². The summed E-state index contributed by atoms with van der Waals surface area (Å²) in [4.78, 5) is 12.3. The number of methoxy groups -OCH3 is 1. The molecule has 6 nitrogen and oxygen atoms in total. The van der Waals surface area contributed by atoms with E-state index in [-0.39, 0.29) is 5.91 Å². The van der Waals surface area contributed by atoms with Crippen molar-refractivity contribution in [3.8, 4) is 11.4 Å². The highest BCUT2D eigenvalue weighted by Gasteiger charge is 2.17. The fourth-order valence-corrected chi connectivity index (χ4v) is 2.22. The zero-order valence-corrected chi connectivity index (χ0v) is 12.9. The molecule has 0 saturated carbocycles. The molecule has 116 valence electrons. The van der Waals surface area contributed by atoms with Crippen molar-refractivity contribution >= 4 is 11.6 Å². The Bertz CT molecular complexity index is 810. The molecule has 0 aliphatic heterocycles. The lowest BCUT2D eigenvalue weighted by Crippen LogP contribution is -2.14. The number of amides is 1. The molecule has 0 aliphatic carbocycles. The van der Waals surface area contributed by atoms with Gasteiger partial charge in [-0.25, -0.2) is 4.68 Å². The van der Waals surface area contributed by atoms with Crippen LogP contribution in [0.5, 0.6) is 5.75 Å². The van der Waals surface area contributed by atoms with Crippen molar-refractivity contribution in [1.82, 2.24) is 15.0 Å². The summed E-state index contributed by atoms with van der Waals surface area (Å²) in [6, 6.07) is 16.6. The first-order valence-electron chi connectivity index (χ1n) is 7.12. The maximum absolute atomic E-state index is 12.3. The Labute approximate surface area is 133 Å². The number of carbonyl (C=O) groups excluding carboxylic acids is 1. The molecule has 23 heavy (non-hydrogen) atoms. The first-order chi connectivity index (χ1) is 11.2. The lowest BCUT2D eigenvalue weighted by atomic mass is 10.2. The van der Waals surface area contributed by atoms with E-state index in [1.54, 1.807) is 11.8 Å². The molecular weight excluding hydrogens is 292 g/mol. The summed E-state index contributed by atoms with van der Waals surface area (Å²) < 4.78 is 6.76. The smallest absolute Gasteiger partial charge is 0.278 e. The van der Waals surface area contributed by atoms with Gasteiger partial charge in [-0.05, 0) is 43.3 Å². The predicted octanol–water partition coefficient (Wildman–Crippen LogP) is 2.84. The zero-order valence-electron chi connectivity index (χ0n) is 12.9. The van der Waals surface area contributed by atoms with Gasteiger partial charge in [-0.15, -0.1) is 5.10 Å². The van der Waals surface area contributed by atoms with Crippen LogP contribution in [0.2, 0.25) is 0 Å². The monoisotopic (exact) mass is 308 g/mol. The summed E-state index contributed by atoms with van der Waals surface area (Å²) in [7, 11) is 1.61. The summed E-state index contributed by atoms with van der Waals surface area (Å²) in [5, 5.41) is 10.9. The van der Waals surface area contributed by atoms with Crippen LogP contribution >= 0.6 is 0 Å². The summed E-state index contributed by atoms with van der Waals surface area (Å²) in [6.07, 6.45) is 0. The second kappa shape index (κ2) is 6.31. The first kappa shape index (κ1) is 14.8. The van der Waals surface area contributed by atoms with Gasteiger partial charge < -0.3 is 10.1 Å². The number of anilines is 1. The van der Waals surface area contributed by atoms with Crippen molar-refractivity contribution in [3.05, 3.63) is 66.0 Å². The lowest BCUT2D eigenvalue weighted by molar-refractivity contribution is 0.102. The molecule has 0 spiro atoms. The van der Waals surface area contributed by atoms with E-state index in [0.29, 0.717) is 11.4 Å². The highest BCUT2D eigenvalue weighted by Crippen LogP contribution is 2.17. The first-order valence-corrected chi connectivity index (χ1v) is 7.12. The molecule has 1 N–H and O–H groups in total. The van der Waals surface area contributed by atoms with Gasteiger partial charge in [-0.2, -0.15) is 0 Å². The fourth-order valence-electron chi connectivity index (χ4n) is 2.22. The summed E-state index contributed by atoms with van der Waals surface area (Å²) in [5.41, 5.74) is 2.50. The third-order valence-corrected chi connectivity index (χ3v) is 3.46. The van der Waals surface area contributed by atoms with Crippen LogP contribution in [-0.4, -0.2) is 28.0 Å². The predicted molar refractivity (Wildman–Crippen MR) is 87.0 cm³/mol. The Hall–Kier alpha value is -3.15. The number of carbonyl (C=O) groups is 1. The third-order valence-electron chi connectivity index (χ3n) is 3.46. The van der Waals surface area contributed by atoms with Crippen molar-refractivity contribution in [2.75, 3.05) is 12.4 Å². The zero-order chi connectivity index (χ0) is 16.2. The van der Waals surface area contributed by atoms with Gasteiger partial charge in [-0.3, -0.25) is 4.79 Å². The van der Waals surface area contributed by atoms with Crippen molar-refractivity contribution < 1.29 is 9.53 Å². The number of ether oxygens (including phenoxy) is 1. The number of hydrogen-bond acceptors (Lipinski definition) is 4. The maximum Gasteiger partial charge on any atom is 0.278 e. The summed E-state index contributed by atoms with van der Waals surface area (Å²) in [6.45, 7) is 1.81. The van der Waals surface area contributed by atoms with Crippen LogP contribution in [0.3, 0.4) is 0 Å². The Morgan fingerprint density at radius 1 is 1.09 bits per heavy atom. The minimum atomic E-state index is -0.284. The van der Waals surface area contributed by atoms with E-state index in [1.807, 2.05) is 61.5 Å². The number of para-hydroxylation sites is 1. The van der Waals surface area contributed by atoms with E-state index in [0.717, 1.165) is 17.1 Å². The van der Waals surface area contributed by atoms with Crippen LogP contribution in [0, 0.1) is 6.92 Å². The van der Waals surface area contributed by atoms with E-state index in [4.69, 9.17) is 4.74 Å². The molecule has 0 bridgehead atoms. The molecule has 6 heteroatoms. The molecule has 3 aromatic rings. The van der Waals surface area contributed by atoms with Crippen LogP contribution in [0.4, 0.5) is 5.69 Å². The molecule has 0 radical (unpaired) electrons. The summed E-state index contributed by atoms with van der Waals surface area (Å²) in [5.74, 6) is 0.474. The molecule has 1 amide bonds. The van der Waals surface area contributed by atoms with Crippen LogP contribution in [0.25, 0.3) is 5.69 Å². The quantitative estimate of drug-likeness (QED) is 0.804. The highest BCUT2D eigenvalue weighted by molar-refractivity contribution is 6.03. The second-order valence-electron chi connectivity index (χ2n) is 4.95. The molecule has 0 fully saturated rings. The molecule has 2 aromatic carbocycles. The van der Waals surface area contributed by atoms with Gasteiger partial charge in [0.25, 0.3) is 5.91 Å². The van der Waals surface area contributed by atoms with E-state index >= 15 is 0 Å². The fraction of sp³-hybridized carbons (Fsp3) is 0.118. The van der Waals surface area contributed by atoms with Crippen molar-refractivity contribution in [1.29, 1.82) is 0 Å². The van der Waals surface area contributed by atoms with Gasteiger partial charge >= 0.3 is 0 Å². The largest absolute Gasteiger partial charge is 0.497 e. The average molecular weight is 308 g/mol. The van der Waals surface area contributed by atoms with Crippen molar-refractivity contribution in [2.45, 2.75) is 6.92 Å². The van der Waals surface area contributed by atoms with Gasteiger partial charge in [-0.1, -0.05) is 23.4 Å². The number of rotatable bonds is 4. The Kier molecular flexibility index (Phi) is 4.05. The van der Waals surface area contributed by atoms with Gasteiger partial charge in [0.15, 0.2) is 5.69 Å². The minimum Gasteiger partial charge on any atom is -0.497 e. The molecule has 0 saturated heterocycles. The van der Waals surface area contributed by atoms with E-state index < -0.39 is 0 Å². The maximum atomic E-state index is 12.3. The van der Waals surface area contributed by atoms with E-state index in [9.17, 15) is 4.79 Å². The number of hydrogen-bond donors (Lipinski definition) is 1. The van der Waals surface area contributed by atoms with Gasteiger partial charge in [0.2, 0.25) is 0 Å². The SMILES string of the molecule is COc1ccc(-n2nnc(C(=O)Nc3ccccc3)c2C)cc1. The number of nitrogens with zero attached hydrogens (tertiary/aromatic N) is 3. The molecule has 3 rings (SSSR count). The Morgan fingerprint density at radius 3 is 2.43 bits per heavy atom. The highest BCUT2D eigenvalue weighted by atomic mass is 16.5. The van der Waals surface area contributed by atoms with Gasteiger partial charge in [0, 0.05) is 5.69 Å². The molecule has 0 aliphatic rings. The third kappa shape index (κ3) is 3.06. The molecule has 0 atom stereocenters. The van der Waals surface area contributed by atoms with Gasteiger partial charge in [0.05, 0.1) is 18.5 Å². The molecule has 1 aromatic heterocycles. The standard InChI is InChI=1S/C17H16N4O2/c1-12-16(17(22)18-13-6-4-3-5-7-13)19-20-21(12)14-8-10-15(23-2)11-9-14/h3-11H,1-2H3,(H,18,22). The average Bonchev–Trinajstić information content (AvgIpc) is 2.97. The van der Waals surface area contributed by atoms with Crippen molar-refractivity contribution in [3.63, 3.8) is 0 Å². The second-order valence-corrected chi connectivity index (χ2v) is 4.95. The van der Waals surface area contributed by atoms with Gasteiger partial charge in [0.1, 0.15) is 5.75 Å². The number of aromatic nitrogens is 3. The molecular formula is C17H16N4O2. The minimum absolute atomic E-state index is 0.284. The van der Waals surface area contributed by atoms with Crippen molar-refractivity contribution in [2.24, 2.45) is 0 Å². The Balaban J connectivity index is 1.85. The van der Waals surface area contributed by atoms with Crippen LogP contribution < -0.4 is 10.1 Å². The lowest BCUT2D eigenvalue weighted by Gasteiger charge is -2.06. The molecule has 0 unspecified atom stereocenters. The van der Waals surface area contributed by atoms with Crippen LogP contribution in [-0.2, 0) is 0 Å². The number of benzene rings is 2. The summed E-state index contributed by atoms with van der Waals surface area (Å²) >= 11 is 0. The topological polar surface area (TPSA) is 69.0 Å². The molecule has 1 heterocycles. The Morgan fingerprint density at radius 2 is 1.78 bits per heavy atom. The number of nitrogens with one attached hydrogen (secondary N) is 1. The van der Waals surface area contributed by atoms with E-state index in [2.05, 4.69) is 15.6 Å². The normalized spacial score (nSPS) is 10.3. The van der Waals surface area contributed by atoms with E-state index in [1.165, 1.54) is 0 Å². The van der Waals surface area contributed by atoms with Crippen LogP contribution in [0.1, 0.15) is 16.2 Å².